The largest absolute Gasteiger partial charge is 0.364 e. The summed E-state index contributed by atoms with van der Waals surface area (Å²) in [6.45, 7) is 0. The van der Waals surface area contributed by atoms with Gasteiger partial charge in [-0.25, -0.2) is 0 Å². The summed E-state index contributed by atoms with van der Waals surface area (Å²) in [5.74, 6) is 0. The van der Waals surface area contributed by atoms with Crippen molar-refractivity contribution in [2.24, 2.45) is 0 Å². The highest BCUT2D eigenvalue weighted by Gasteiger charge is 2.49. The minimum atomic E-state index is -3.90. The lowest BCUT2D eigenvalue weighted by Crippen LogP contribution is -2.23. The van der Waals surface area contributed by atoms with Crippen LogP contribution in [-0.2, 0) is 27.2 Å². The van der Waals surface area contributed by atoms with E-state index in [9.17, 15) is 19.2 Å². The summed E-state index contributed by atoms with van der Waals surface area (Å²) in [7, 11) is -3.28. The van der Waals surface area contributed by atoms with Crippen molar-refractivity contribution in [3.8, 4) is 0 Å². The van der Waals surface area contributed by atoms with E-state index in [1.807, 2.05) is 0 Å². The van der Waals surface area contributed by atoms with Crippen LogP contribution in [0.25, 0.3) is 0 Å². The highest BCUT2D eigenvalue weighted by atomic mass is 31.2. The molecule has 1 N–H and O–H groups in total. The molecule has 130 valence electrons. The van der Waals surface area contributed by atoms with Crippen LogP contribution < -0.4 is 5.32 Å². The van der Waals surface area contributed by atoms with Crippen LogP contribution >= 0.6 is 15.2 Å². The summed E-state index contributed by atoms with van der Waals surface area (Å²) < 4.78 is 44.7. The Balaban J connectivity index is 3.23. The lowest BCUT2D eigenvalue weighted by molar-refractivity contribution is -0.384. The molecule has 1 rings (SSSR count). The Morgan fingerprint density at radius 2 is 1.35 bits per heavy atom. The molecule has 0 heterocycles. The zero-order valence-corrected chi connectivity index (χ0v) is 14.8. The number of hydrogen-bond donors (Lipinski definition) is 1. The van der Waals surface area contributed by atoms with Crippen molar-refractivity contribution in [2.75, 3.05) is 33.8 Å². The fraction of sp³-hybridized carbons (Fsp3) is 0.455. The molecule has 0 radical (unpaired) electrons. The number of hydrogen-bond acceptors (Lipinski definition) is 9. The zero-order chi connectivity index (χ0) is 17.7. The van der Waals surface area contributed by atoms with Crippen LogP contribution in [0.4, 0.5) is 11.4 Å². The molecule has 0 atom stereocenters. The third-order valence-corrected chi connectivity index (χ3v) is 8.18. The second-order valence-corrected chi connectivity index (χ2v) is 9.19. The van der Waals surface area contributed by atoms with E-state index >= 15 is 0 Å². The van der Waals surface area contributed by atoms with Crippen LogP contribution in [0.5, 0.6) is 0 Å². The van der Waals surface area contributed by atoms with E-state index in [0.717, 1.165) is 28.4 Å². The van der Waals surface area contributed by atoms with E-state index in [1.54, 1.807) is 0 Å². The second kappa shape index (κ2) is 8.01. The fourth-order valence-corrected chi connectivity index (χ4v) is 5.94. The minimum Gasteiger partial charge on any atom is -0.362 e. The van der Waals surface area contributed by atoms with Gasteiger partial charge in [-0.2, -0.15) is 0 Å². The Labute approximate surface area is 133 Å². The first kappa shape index (κ1) is 19.8. The summed E-state index contributed by atoms with van der Waals surface area (Å²) >= 11 is 0. The van der Waals surface area contributed by atoms with E-state index in [4.69, 9.17) is 18.1 Å². The molecule has 0 bridgehead atoms. The van der Waals surface area contributed by atoms with Crippen molar-refractivity contribution >= 4 is 26.6 Å². The van der Waals surface area contributed by atoms with Crippen LogP contribution in [0.15, 0.2) is 24.3 Å². The third kappa shape index (κ3) is 4.38. The van der Waals surface area contributed by atoms with Gasteiger partial charge in [0.05, 0.1) is 4.92 Å². The van der Waals surface area contributed by atoms with Gasteiger partial charge in [-0.05, 0) is 12.1 Å². The normalized spacial score (nSPS) is 12.4. The zero-order valence-electron chi connectivity index (χ0n) is 13.0. The Hall–Kier alpha value is -1.28. The Kier molecular flexibility index (Phi) is 6.88. The van der Waals surface area contributed by atoms with E-state index in [2.05, 4.69) is 5.32 Å². The smallest absolute Gasteiger partial charge is 0.362 e. The summed E-state index contributed by atoms with van der Waals surface area (Å²) in [5, 5.41) is 13.3. The average Bonchev–Trinajstić information content (AvgIpc) is 2.58. The van der Waals surface area contributed by atoms with Crippen molar-refractivity contribution in [1.29, 1.82) is 0 Å². The van der Waals surface area contributed by atoms with Crippen LogP contribution in [0.1, 0.15) is 0 Å². The van der Waals surface area contributed by atoms with E-state index in [0.29, 0.717) is 5.69 Å². The highest BCUT2D eigenvalue weighted by molar-refractivity contribution is 7.72. The number of nitro benzene ring substituents is 1. The molecule has 0 aliphatic carbocycles. The van der Waals surface area contributed by atoms with Gasteiger partial charge in [-0.1, -0.05) is 0 Å². The predicted molar refractivity (Wildman–Crippen MR) is 83.8 cm³/mol. The predicted octanol–water partition coefficient (Wildman–Crippen LogP) is 3.26. The van der Waals surface area contributed by atoms with Gasteiger partial charge < -0.3 is 23.4 Å². The van der Waals surface area contributed by atoms with E-state index < -0.39 is 25.6 Å². The number of benzene rings is 1. The van der Waals surface area contributed by atoms with Crippen LogP contribution in [-0.4, -0.2) is 38.9 Å². The summed E-state index contributed by atoms with van der Waals surface area (Å²) in [6, 6.07) is 5.18. The molecule has 0 spiro atoms. The van der Waals surface area contributed by atoms with Gasteiger partial charge in [0.25, 0.3) is 5.69 Å². The monoisotopic (exact) mass is 368 g/mol. The minimum absolute atomic E-state index is 0.129. The molecule has 12 heteroatoms. The number of nitrogens with one attached hydrogen (secondary N) is 1. The van der Waals surface area contributed by atoms with Gasteiger partial charge in [0.1, 0.15) is 0 Å². The van der Waals surface area contributed by atoms with Crippen LogP contribution in [0, 0.1) is 10.1 Å². The maximum atomic E-state index is 12.6. The molecule has 23 heavy (non-hydrogen) atoms. The lowest BCUT2D eigenvalue weighted by Gasteiger charge is -2.29. The first-order valence-electron chi connectivity index (χ1n) is 6.19. The summed E-state index contributed by atoms with van der Waals surface area (Å²) in [6.07, 6.45) is 0. The van der Waals surface area contributed by atoms with Gasteiger partial charge in [0, 0.05) is 46.3 Å². The van der Waals surface area contributed by atoms with Crippen molar-refractivity contribution in [3.05, 3.63) is 34.4 Å². The first-order chi connectivity index (χ1) is 10.8. The maximum Gasteiger partial charge on any atom is 0.364 e. The molecule has 0 fully saturated rings. The molecule has 0 saturated carbocycles. The fourth-order valence-electron chi connectivity index (χ4n) is 1.71. The number of non-ortho nitro benzene ring substituents is 1. The topological polar surface area (TPSA) is 126 Å². The van der Waals surface area contributed by atoms with Crippen molar-refractivity contribution in [1.82, 2.24) is 0 Å². The Morgan fingerprint density at radius 3 is 1.65 bits per heavy atom. The van der Waals surface area contributed by atoms with Crippen molar-refractivity contribution < 1.29 is 32.1 Å². The molecular weight excluding hydrogens is 350 g/mol. The number of anilines is 1. The summed E-state index contributed by atoms with van der Waals surface area (Å²) in [4.78, 5) is 10.1. The molecular formula is C11H18N2O8P2. The van der Waals surface area contributed by atoms with Gasteiger partial charge in [-0.3, -0.25) is 19.2 Å². The first-order valence-corrected chi connectivity index (χ1v) is 9.42. The molecule has 0 aliphatic rings. The van der Waals surface area contributed by atoms with Crippen LogP contribution in [0.3, 0.4) is 0 Å². The lowest BCUT2D eigenvalue weighted by atomic mass is 10.3. The van der Waals surface area contributed by atoms with E-state index in [1.165, 1.54) is 24.3 Å². The van der Waals surface area contributed by atoms with Crippen molar-refractivity contribution in [2.45, 2.75) is 5.52 Å². The maximum absolute atomic E-state index is 12.6. The van der Waals surface area contributed by atoms with Gasteiger partial charge in [0.15, 0.2) is 0 Å². The Morgan fingerprint density at radius 1 is 0.957 bits per heavy atom. The molecule has 1 aromatic rings. The molecule has 1 aromatic carbocycles. The molecule has 10 nitrogen and oxygen atoms in total. The summed E-state index contributed by atoms with van der Waals surface area (Å²) in [5.41, 5.74) is -1.29. The second-order valence-electron chi connectivity index (χ2n) is 4.13. The number of nitrogens with zero attached hydrogens (tertiary/aromatic N) is 1. The SMILES string of the molecule is COP(=O)(OC)C(Nc1ccc([N+](=O)[O-])cc1)P(=O)(OC)OC. The Bertz CT molecular complexity index is 593. The van der Waals surface area contributed by atoms with Crippen LogP contribution in [0.2, 0.25) is 0 Å². The highest BCUT2D eigenvalue weighted by Crippen LogP contribution is 2.68. The van der Waals surface area contributed by atoms with Gasteiger partial charge >= 0.3 is 15.2 Å². The van der Waals surface area contributed by atoms with Gasteiger partial charge in [-0.15, -0.1) is 0 Å². The number of nitro groups is 1. The van der Waals surface area contributed by atoms with Crippen molar-refractivity contribution in [3.63, 3.8) is 0 Å². The number of rotatable bonds is 9. The molecule has 0 aromatic heterocycles. The average molecular weight is 368 g/mol. The quantitative estimate of drug-likeness (QED) is 0.397. The van der Waals surface area contributed by atoms with E-state index in [-0.39, 0.29) is 5.69 Å². The third-order valence-electron chi connectivity index (χ3n) is 2.99. The molecule has 0 aliphatic heterocycles. The molecule has 0 unspecified atom stereocenters. The molecule has 0 amide bonds. The van der Waals surface area contributed by atoms with Gasteiger partial charge in [0.2, 0.25) is 5.52 Å². The standard InChI is InChI=1S/C11H18N2O8P2/c1-18-22(16,19-2)11(23(17,20-3)21-4)12-9-5-7-10(8-6-9)13(14)15/h5-8,11-12H,1-4H3. The molecule has 0 saturated heterocycles.